The standard InChI is InChI=1S/C42H50N2O5/c1-30-26-32(24-25-36(30)33-19-11-7-12-20-33)18-15-23-35(28-39(45)49-42(2,3)4)40(46)43-37(27-31-16-9-6-10-17-31)41(47)44-38(29-48-5)34-21-13-8-14-22-34/h6-14,16-17,19-22,24-26,35,37-38H,15,18,23,27-29H2,1-5H3,(H,43,46)(H,44,47)/t35-,37+,38?/m1/s1. The summed E-state index contributed by atoms with van der Waals surface area (Å²) in [5.74, 6) is -1.79. The van der Waals surface area contributed by atoms with Gasteiger partial charge < -0.3 is 20.1 Å². The molecule has 7 heteroatoms. The summed E-state index contributed by atoms with van der Waals surface area (Å²) in [5, 5.41) is 6.10. The van der Waals surface area contributed by atoms with E-state index in [1.807, 2.05) is 99.6 Å². The summed E-state index contributed by atoms with van der Waals surface area (Å²) < 4.78 is 11.0. The van der Waals surface area contributed by atoms with Gasteiger partial charge in [-0.1, -0.05) is 109 Å². The van der Waals surface area contributed by atoms with Crippen molar-refractivity contribution in [3.05, 3.63) is 131 Å². The molecule has 0 aromatic heterocycles. The van der Waals surface area contributed by atoms with Crippen LogP contribution in [0.15, 0.2) is 109 Å². The van der Waals surface area contributed by atoms with Crippen molar-refractivity contribution < 1.29 is 23.9 Å². The summed E-state index contributed by atoms with van der Waals surface area (Å²) in [4.78, 5) is 40.9. The smallest absolute Gasteiger partial charge is 0.307 e. The summed E-state index contributed by atoms with van der Waals surface area (Å²) >= 11 is 0. The van der Waals surface area contributed by atoms with Crippen molar-refractivity contribution in [2.75, 3.05) is 13.7 Å². The summed E-state index contributed by atoms with van der Waals surface area (Å²) in [6.07, 6.45) is 2.10. The number of rotatable bonds is 16. The molecule has 258 valence electrons. The predicted octanol–water partition coefficient (Wildman–Crippen LogP) is 7.56. The Morgan fingerprint density at radius 1 is 0.755 bits per heavy atom. The van der Waals surface area contributed by atoms with Crippen LogP contribution in [0, 0.1) is 12.8 Å². The first-order valence-corrected chi connectivity index (χ1v) is 17.1. The lowest BCUT2D eigenvalue weighted by Gasteiger charge is -2.26. The molecule has 4 rings (SSSR count). The molecule has 0 aliphatic carbocycles. The number of aryl methyl sites for hydroxylation is 2. The van der Waals surface area contributed by atoms with Gasteiger partial charge in [0.15, 0.2) is 0 Å². The molecule has 49 heavy (non-hydrogen) atoms. The molecule has 2 amide bonds. The van der Waals surface area contributed by atoms with Gasteiger partial charge in [0, 0.05) is 19.4 Å². The zero-order valence-corrected chi connectivity index (χ0v) is 29.4. The van der Waals surface area contributed by atoms with E-state index in [1.165, 1.54) is 22.3 Å². The number of hydrogen-bond donors (Lipinski definition) is 2. The van der Waals surface area contributed by atoms with Gasteiger partial charge in [0.25, 0.3) is 0 Å². The molecular formula is C42H50N2O5. The molecule has 4 aromatic carbocycles. The van der Waals surface area contributed by atoms with Gasteiger partial charge in [0.2, 0.25) is 11.8 Å². The van der Waals surface area contributed by atoms with Crippen molar-refractivity contribution in [3.8, 4) is 11.1 Å². The number of carbonyl (C=O) groups excluding carboxylic acids is 3. The second-order valence-electron chi connectivity index (χ2n) is 13.6. The van der Waals surface area contributed by atoms with Crippen LogP contribution >= 0.6 is 0 Å². The minimum atomic E-state index is -0.868. The molecular weight excluding hydrogens is 612 g/mol. The fraction of sp³-hybridized carbons (Fsp3) is 0.357. The van der Waals surface area contributed by atoms with E-state index in [0.717, 1.165) is 17.5 Å². The lowest BCUT2D eigenvalue weighted by Crippen LogP contribution is -2.51. The molecule has 7 nitrogen and oxygen atoms in total. The number of amides is 2. The van der Waals surface area contributed by atoms with E-state index in [1.54, 1.807) is 7.11 Å². The van der Waals surface area contributed by atoms with Crippen LogP contribution in [-0.2, 0) is 36.7 Å². The molecule has 4 aromatic rings. The van der Waals surface area contributed by atoms with Crippen molar-refractivity contribution in [2.45, 2.75) is 77.5 Å². The van der Waals surface area contributed by atoms with Crippen molar-refractivity contribution in [3.63, 3.8) is 0 Å². The van der Waals surface area contributed by atoms with E-state index < -0.39 is 29.6 Å². The first-order valence-electron chi connectivity index (χ1n) is 17.1. The molecule has 0 saturated heterocycles. The highest BCUT2D eigenvalue weighted by molar-refractivity contribution is 5.90. The highest BCUT2D eigenvalue weighted by Crippen LogP contribution is 2.25. The molecule has 2 N–H and O–H groups in total. The number of nitrogens with one attached hydrogen (secondary N) is 2. The SMILES string of the molecule is COCC(NC(=O)[C@H](Cc1ccccc1)NC(=O)[C@H](CCCc1ccc(-c2ccccc2)c(C)c1)CC(=O)OC(C)(C)C)c1ccccc1. The largest absolute Gasteiger partial charge is 0.460 e. The van der Waals surface area contributed by atoms with Gasteiger partial charge >= 0.3 is 5.97 Å². The highest BCUT2D eigenvalue weighted by atomic mass is 16.6. The Balaban J connectivity index is 1.50. The second kappa shape index (κ2) is 18.1. The van der Waals surface area contributed by atoms with Gasteiger partial charge in [0.1, 0.15) is 11.6 Å². The van der Waals surface area contributed by atoms with E-state index in [4.69, 9.17) is 9.47 Å². The lowest BCUT2D eigenvalue weighted by atomic mass is 9.93. The molecule has 0 fully saturated rings. The van der Waals surface area contributed by atoms with E-state index >= 15 is 0 Å². The quantitative estimate of drug-likeness (QED) is 0.121. The van der Waals surface area contributed by atoms with Crippen molar-refractivity contribution in [1.82, 2.24) is 10.6 Å². The van der Waals surface area contributed by atoms with Crippen LogP contribution in [-0.4, -0.2) is 43.1 Å². The monoisotopic (exact) mass is 662 g/mol. The van der Waals surface area contributed by atoms with Gasteiger partial charge in [-0.25, -0.2) is 0 Å². The normalized spacial score (nSPS) is 13.2. The number of benzene rings is 4. The van der Waals surface area contributed by atoms with Crippen LogP contribution in [0.2, 0.25) is 0 Å². The first kappa shape index (κ1) is 37.1. The third-order valence-corrected chi connectivity index (χ3v) is 8.36. The highest BCUT2D eigenvalue weighted by Gasteiger charge is 2.30. The Labute approximate surface area is 291 Å². The third kappa shape index (κ3) is 12.0. The minimum Gasteiger partial charge on any atom is -0.460 e. The maximum absolute atomic E-state index is 14.0. The fourth-order valence-corrected chi connectivity index (χ4v) is 5.98. The number of ether oxygens (including phenoxy) is 2. The molecule has 0 aliphatic heterocycles. The lowest BCUT2D eigenvalue weighted by molar-refractivity contribution is -0.157. The number of carbonyl (C=O) groups is 3. The van der Waals surface area contributed by atoms with Crippen LogP contribution in [0.3, 0.4) is 0 Å². The van der Waals surface area contributed by atoms with Gasteiger partial charge in [0.05, 0.1) is 19.1 Å². The van der Waals surface area contributed by atoms with Crippen LogP contribution < -0.4 is 10.6 Å². The van der Waals surface area contributed by atoms with Crippen molar-refractivity contribution in [1.29, 1.82) is 0 Å². The van der Waals surface area contributed by atoms with E-state index in [9.17, 15) is 14.4 Å². The van der Waals surface area contributed by atoms with Crippen LogP contribution in [0.4, 0.5) is 0 Å². The Morgan fingerprint density at radius 3 is 2.00 bits per heavy atom. The number of methoxy groups -OCH3 is 1. The van der Waals surface area contributed by atoms with Gasteiger partial charge in [-0.05, 0) is 80.3 Å². The summed E-state index contributed by atoms with van der Waals surface area (Å²) in [5.41, 5.74) is 5.84. The Hall–Kier alpha value is -4.75. The maximum atomic E-state index is 14.0. The molecule has 1 unspecified atom stereocenters. The summed E-state index contributed by atoms with van der Waals surface area (Å²) in [6.45, 7) is 7.81. The molecule has 0 bridgehead atoms. The average Bonchev–Trinajstić information content (AvgIpc) is 3.07. The zero-order valence-electron chi connectivity index (χ0n) is 29.4. The van der Waals surface area contributed by atoms with E-state index in [-0.39, 0.29) is 24.8 Å². The van der Waals surface area contributed by atoms with Gasteiger partial charge in [-0.2, -0.15) is 0 Å². The molecule has 0 saturated carbocycles. The fourth-order valence-electron chi connectivity index (χ4n) is 5.98. The second-order valence-corrected chi connectivity index (χ2v) is 13.6. The average molecular weight is 663 g/mol. The third-order valence-electron chi connectivity index (χ3n) is 8.36. The number of hydrogen-bond acceptors (Lipinski definition) is 5. The van der Waals surface area contributed by atoms with Crippen LogP contribution in [0.1, 0.15) is 68.3 Å². The molecule has 3 atom stereocenters. The number of esters is 1. The Bertz CT molecular complexity index is 1630. The van der Waals surface area contributed by atoms with Crippen molar-refractivity contribution >= 4 is 17.8 Å². The summed E-state index contributed by atoms with van der Waals surface area (Å²) in [6, 6.07) is 34.7. The molecule has 0 heterocycles. The van der Waals surface area contributed by atoms with Crippen molar-refractivity contribution in [2.24, 2.45) is 5.92 Å². The van der Waals surface area contributed by atoms with E-state index in [2.05, 4.69) is 47.9 Å². The minimum absolute atomic E-state index is 0.0783. The van der Waals surface area contributed by atoms with E-state index in [0.29, 0.717) is 19.3 Å². The van der Waals surface area contributed by atoms with Crippen LogP contribution in [0.25, 0.3) is 11.1 Å². The molecule has 0 spiro atoms. The maximum Gasteiger partial charge on any atom is 0.307 e. The van der Waals surface area contributed by atoms with Crippen LogP contribution in [0.5, 0.6) is 0 Å². The Kier molecular flexibility index (Phi) is 13.7. The van der Waals surface area contributed by atoms with Gasteiger partial charge in [-0.15, -0.1) is 0 Å². The molecule has 0 radical (unpaired) electrons. The Morgan fingerprint density at radius 2 is 1.39 bits per heavy atom. The predicted molar refractivity (Wildman–Crippen MR) is 195 cm³/mol. The molecule has 0 aliphatic rings. The first-order chi connectivity index (χ1) is 23.5. The van der Waals surface area contributed by atoms with Gasteiger partial charge in [-0.3, -0.25) is 14.4 Å². The topological polar surface area (TPSA) is 93.7 Å². The summed E-state index contributed by atoms with van der Waals surface area (Å²) in [7, 11) is 1.59. The zero-order chi connectivity index (χ0) is 35.2.